The van der Waals surface area contributed by atoms with E-state index in [0.717, 1.165) is 0 Å². The molecule has 18 heavy (non-hydrogen) atoms. The molecule has 108 valence electrons. The number of nitrogens with two attached hydrogens (primary N) is 1. The van der Waals surface area contributed by atoms with Gasteiger partial charge in [0.2, 0.25) is 0 Å². The van der Waals surface area contributed by atoms with Crippen LogP contribution in [0.15, 0.2) is 0 Å². The minimum Gasteiger partial charge on any atom is -0.371 e. The first-order valence-corrected chi connectivity index (χ1v) is 5.34. The van der Waals surface area contributed by atoms with Crippen LogP contribution in [0.4, 0.5) is 13.2 Å². The van der Waals surface area contributed by atoms with E-state index < -0.39 is 36.4 Å². The first kappa shape index (κ1) is 17.1. The van der Waals surface area contributed by atoms with Crippen LogP contribution in [0.3, 0.4) is 0 Å². The second-order valence-electron chi connectivity index (χ2n) is 4.83. The Morgan fingerprint density at radius 2 is 1.83 bits per heavy atom. The number of halogens is 3. The molecule has 0 aromatic carbocycles. The summed E-state index contributed by atoms with van der Waals surface area (Å²) in [5, 5.41) is 0. The van der Waals surface area contributed by atoms with Crippen LogP contribution in [0.1, 0.15) is 27.7 Å². The lowest BCUT2D eigenvalue weighted by molar-refractivity contribution is -0.193. The first-order valence-electron chi connectivity index (χ1n) is 5.34. The fourth-order valence-corrected chi connectivity index (χ4v) is 1.10. The summed E-state index contributed by atoms with van der Waals surface area (Å²) < 4.78 is 40.7. The second-order valence-corrected chi connectivity index (χ2v) is 4.83. The molecule has 5 nitrogen and oxygen atoms in total. The van der Waals surface area contributed by atoms with Gasteiger partial charge in [-0.05, 0) is 27.7 Å². The zero-order valence-electron chi connectivity index (χ0n) is 10.8. The van der Waals surface area contributed by atoms with Crippen LogP contribution >= 0.6 is 0 Å². The average Bonchev–Trinajstić information content (AvgIpc) is 2.11. The Morgan fingerprint density at radius 1 is 1.33 bits per heavy atom. The topological polar surface area (TPSA) is 73.6 Å². The van der Waals surface area contributed by atoms with Gasteiger partial charge in [-0.2, -0.15) is 13.2 Å². The second kappa shape index (κ2) is 6.35. The van der Waals surface area contributed by atoms with E-state index in [4.69, 9.17) is 10.5 Å². The molecular formula is C10H19F3N2O3. The van der Waals surface area contributed by atoms with Gasteiger partial charge in [-0.25, -0.2) is 5.48 Å². The molecule has 0 rings (SSSR count). The van der Waals surface area contributed by atoms with Crippen LogP contribution in [0.5, 0.6) is 0 Å². The SMILES string of the molecule is C[C@@H](OC(C)(C)C)[C@H](N)C(=O)NOCC(F)(F)F. The monoisotopic (exact) mass is 272 g/mol. The predicted molar refractivity (Wildman–Crippen MR) is 58.4 cm³/mol. The highest BCUT2D eigenvalue weighted by Gasteiger charge is 2.30. The van der Waals surface area contributed by atoms with Gasteiger partial charge in [0.25, 0.3) is 5.91 Å². The van der Waals surface area contributed by atoms with E-state index in [1.54, 1.807) is 33.2 Å². The molecule has 2 atom stereocenters. The Kier molecular flexibility index (Phi) is 6.05. The predicted octanol–water partition coefficient (Wildman–Crippen LogP) is 1.13. The largest absolute Gasteiger partial charge is 0.414 e. The number of hydrogen-bond donors (Lipinski definition) is 2. The van der Waals surface area contributed by atoms with Crippen LogP contribution in [-0.4, -0.2) is 36.4 Å². The highest BCUT2D eigenvalue weighted by atomic mass is 19.4. The number of carbonyl (C=O) groups is 1. The maximum absolute atomic E-state index is 11.8. The average molecular weight is 272 g/mol. The van der Waals surface area contributed by atoms with Gasteiger partial charge in [0.15, 0.2) is 6.61 Å². The number of amides is 1. The van der Waals surface area contributed by atoms with Gasteiger partial charge in [-0.15, -0.1) is 0 Å². The molecule has 8 heteroatoms. The lowest BCUT2D eigenvalue weighted by Crippen LogP contribution is -2.50. The number of rotatable bonds is 5. The van der Waals surface area contributed by atoms with E-state index in [9.17, 15) is 18.0 Å². The molecule has 0 saturated heterocycles. The summed E-state index contributed by atoms with van der Waals surface area (Å²) in [6.45, 7) is 5.30. The Bertz CT molecular complexity index is 277. The van der Waals surface area contributed by atoms with Crippen molar-refractivity contribution in [1.82, 2.24) is 5.48 Å². The molecule has 0 aromatic rings. The van der Waals surface area contributed by atoms with Crippen molar-refractivity contribution in [3.05, 3.63) is 0 Å². The van der Waals surface area contributed by atoms with Crippen LogP contribution in [0.25, 0.3) is 0 Å². The molecule has 0 aromatic heterocycles. The number of alkyl halides is 3. The third kappa shape index (κ3) is 8.26. The van der Waals surface area contributed by atoms with Gasteiger partial charge in [-0.3, -0.25) is 9.63 Å². The summed E-state index contributed by atoms with van der Waals surface area (Å²) in [5.41, 5.74) is 6.65. The van der Waals surface area contributed by atoms with Gasteiger partial charge >= 0.3 is 6.18 Å². The molecule has 0 saturated carbocycles. The lowest BCUT2D eigenvalue weighted by Gasteiger charge is -2.28. The van der Waals surface area contributed by atoms with E-state index in [0.29, 0.717) is 0 Å². The van der Waals surface area contributed by atoms with Crippen molar-refractivity contribution in [2.75, 3.05) is 6.61 Å². The van der Waals surface area contributed by atoms with Gasteiger partial charge in [-0.1, -0.05) is 0 Å². The zero-order valence-corrected chi connectivity index (χ0v) is 10.8. The van der Waals surface area contributed by atoms with Crippen molar-refractivity contribution in [1.29, 1.82) is 0 Å². The summed E-state index contributed by atoms with van der Waals surface area (Å²) in [6.07, 6.45) is -5.16. The fourth-order valence-electron chi connectivity index (χ4n) is 1.10. The Balaban J connectivity index is 4.10. The number of carbonyl (C=O) groups excluding carboxylic acids is 1. The molecule has 0 radical (unpaired) electrons. The molecule has 0 bridgehead atoms. The van der Waals surface area contributed by atoms with Crippen molar-refractivity contribution in [2.24, 2.45) is 5.73 Å². The van der Waals surface area contributed by atoms with E-state index in [1.807, 2.05) is 0 Å². The van der Waals surface area contributed by atoms with Crippen molar-refractivity contribution < 1.29 is 27.5 Å². The molecule has 0 unspecified atom stereocenters. The molecule has 0 spiro atoms. The van der Waals surface area contributed by atoms with Crippen LogP contribution < -0.4 is 11.2 Å². The standard InChI is InChI=1S/C10H19F3N2O3/c1-6(18-9(2,3)4)7(14)8(16)15-17-5-10(11,12)13/h6-7H,5,14H2,1-4H3,(H,15,16)/t6-,7+/m1/s1. The fraction of sp³-hybridized carbons (Fsp3) is 0.900. The molecule has 0 aliphatic carbocycles. The van der Waals surface area contributed by atoms with Crippen molar-refractivity contribution in [3.63, 3.8) is 0 Å². The normalized spacial score (nSPS) is 16.2. The summed E-state index contributed by atoms with van der Waals surface area (Å²) >= 11 is 0. The molecular weight excluding hydrogens is 253 g/mol. The van der Waals surface area contributed by atoms with Crippen molar-refractivity contribution >= 4 is 5.91 Å². The number of hydrogen-bond acceptors (Lipinski definition) is 4. The summed E-state index contributed by atoms with van der Waals surface area (Å²) in [6, 6.07) is -1.11. The van der Waals surface area contributed by atoms with Gasteiger partial charge in [0, 0.05) is 0 Å². The third-order valence-electron chi connectivity index (χ3n) is 1.76. The molecule has 1 amide bonds. The molecule has 0 aliphatic heterocycles. The number of nitrogens with one attached hydrogen (secondary N) is 1. The van der Waals surface area contributed by atoms with Crippen molar-refractivity contribution in [2.45, 2.75) is 51.6 Å². The van der Waals surface area contributed by atoms with Gasteiger partial charge in [0.1, 0.15) is 6.04 Å². The maximum atomic E-state index is 11.8. The third-order valence-corrected chi connectivity index (χ3v) is 1.76. The van der Waals surface area contributed by atoms with Gasteiger partial charge < -0.3 is 10.5 Å². The summed E-state index contributed by atoms with van der Waals surface area (Å²) in [4.78, 5) is 15.3. The number of ether oxygens (including phenoxy) is 1. The number of hydroxylamine groups is 1. The zero-order chi connectivity index (χ0) is 14.6. The van der Waals surface area contributed by atoms with E-state index in [2.05, 4.69) is 4.84 Å². The van der Waals surface area contributed by atoms with Crippen molar-refractivity contribution in [3.8, 4) is 0 Å². The van der Waals surface area contributed by atoms with E-state index in [1.165, 1.54) is 0 Å². The molecule has 0 aliphatic rings. The van der Waals surface area contributed by atoms with Gasteiger partial charge in [0.05, 0.1) is 11.7 Å². The van der Waals surface area contributed by atoms with Crippen LogP contribution in [0.2, 0.25) is 0 Å². The van der Waals surface area contributed by atoms with E-state index in [-0.39, 0.29) is 0 Å². The minimum atomic E-state index is -4.51. The maximum Gasteiger partial charge on any atom is 0.414 e. The Labute approximate surface area is 104 Å². The smallest absolute Gasteiger partial charge is 0.371 e. The summed E-state index contributed by atoms with van der Waals surface area (Å²) in [7, 11) is 0. The van der Waals surface area contributed by atoms with E-state index >= 15 is 0 Å². The molecule has 0 heterocycles. The van der Waals surface area contributed by atoms with Crippen LogP contribution in [0, 0.1) is 0 Å². The highest BCUT2D eigenvalue weighted by Crippen LogP contribution is 2.14. The lowest BCUT2D eigenvalue weighted by atomic mass is 10.1. The Morgan fingerprint density at radius 3 is 2.22 bits per heavy atom. The molecule has 0 fully saturated rings. The quantitative estimate of drug-likeness (QED) is 0.736. The summed E-state index contributed by atoms with van der Waals surface area (Å²) in [5.74, 6) is -0.865. The minimum absolute atomic E-state index is 0.510. The Hall–Kier alpha value is -0.860. The van der Waals surface area contributed by atoms with Crippen LogP contribution in [-0.2, 0) is 14.4 Å². The highest BCUT2D eigenvalue weighted by molar-refractivity contribution is 5.81. The molecule has 3 N–H and O–H groups in total. The first-order chi connectivity index (χ1) is 7.92.